The molecule has 30 heavy (non-hydrogen) atoms. The Morgan fingerprint density at radius 3 is 1.93 bits per heavy atom. The third-order valence-corrected chi connectivity index (χ3v) is 12.8. The van der Waals surface area contributed by atoms with Crippen LogP contribution in [0.4, 0.5) is 0 Å². The molecule has 0 aliphatic heterocycles. The first-order valence-corrected chi connectivity index (χ1v) is 18.9. The number of rotatable bonds is 11. The highest BCUT2D eigenvalue weighted by Crippen LogP contribution is 2.30. The van der Waals surface area contributed by atoms with Gasteiger partial charge >= 0.3 is 15.3 Å². The van der Waals surface area contributed by atoms with E-state index in [0.717, 1.165) is 5.56 Å². The van der Waals surface area contributed by atoms with E-state index in [0.29, 0.717) is 12.3 Å². The quantitative estimate of drug-likeness (QED) is 0.186. The van der Waals surface area contributed by atoms with Crippen LogP contribution in [0.5, 0.6) is 0 Å². The zero-order valence-electron chi connectivity index (χ0n) is 20.4. The molecular formula is C22H40O5Si3. The van der Waals surface area contributed by atoms with Gasteiger partial charge in [-0.15, -0.1) is 0 Å². The molecule has 0 aliphatic carbocycles. The van der Waals surface area contributed by atoms with Crippen LogP contribution in [0.1, 0.15) is 32.8 Å². The maximum absolute atomic E-state index is 13.1. The van der Waals surface area contributed by atoms with Gasteiger partial charge in [0.15, 0.2) is 16.6 Å². The Bertz CT molecular complexity index is 692. The van der Waals surface area contributed by atoms with E-state index >= 15 is 0 Å². The molecule has 1 atom stereocenters. The molecule has 1 unspecified atom stereocenters. The second-order valence-electron chi connectivity index (χ2n) is 10.2. The lowest BCUT2D eigenvalue weighted by Crippen LogP contribution is -2.58. The van der Waals surface area contributed by atoms with E-state index in [-0.39, 0.29) is 5.76 Å². The summed E-state index contributed by atoms with van der Waals surface area (Å²) in [5.41, 5.74) is 0.877. The van der Waals surface area contributed by atoms with Gasteiger partial charge in [0.05, 0.1) is 7.11 Å². The second kappa shape index (κ2) is 10.9. The predicted octanol–water partition coefficient (Wildman–Crippen LogP) is 5.48. The Balaban J connectivity index is 3.28. The van der Waals surface area contributed by atoms with E-state index in [1.165, 1.54) is 7.11 Å². The first-order chi connectivity index (χ1) is 13.6. The van der Waals surface area contributed by atoms with Crippen LogP contribution in [0.25, 0.3) is 6.08 Å². The molecule has 8 heteroatoms. The van der Waals surface area contributed by atoms with Crippen molar-refractivity contribution in [3.8, 4) is 0 Å². The van der Waals surface area contributed by atoms with Gasteiger partial charge in [-0.25, -0.2) is 4.79 Å². The fourth-order valence-corrected chi connectivity index (χ4v) is 11.7. The molecule has 0 spiro atoms. The molecule has 0 amide bonds. The molecule has 1 aromatic rings. The molecule has 0 aliphatic rings. The van der Waals surface area contributed by atoms with Gasteiger partial charge in [-0.2, -0.15) is 0 Å². The summed E-state index contributed by atoms with van der Waals surface area (Å²) in [5, 5.41) is -0.805. The van der Waals surface area contributed by atoms with Gasteiger partial charge in [0.25, 0.3) is 0 Å². The third kappa shape index (κ3) is 9.74. The Kier molecular flexibility index (Phi) is 9.75. The summed E-state index contributed by atoms with van der Waals surface area (Å²) in [4.78, 5) is 13.1. The van der Waals surface area contributed by atoms with E-state index < -0.39 is 37.1 Å². The first kappa shape index (κ1) is 26.8. The maximum atomic E-state index is 13.1. The van der Waals surface area contributed by atoms with E-state index in [2.05, 4.69) is 53.1 Å². The summed E-state index contributed by atoms with van der Waals surface area (Å²) in [6.07, 6.45) is 2.38. The highest BCUT2D eigenvalue weighted by Gasteiger charge is 2.47. The van der Waals surface area contributed by atoms with Gasteiger partial charge in [0.2, 0.25) is 5.76 Å². The summed E-state index contributed by atoms with van der Waals surface area (Å²) in [5.74, 6) is 0.00246. The van der Waals surface area contributed by atoms with Gasteiger partial charge < -0.3 is 17.7 Å². The Morgan fingerprint density at radius 2 is 1.53 bits per heavy atom. The molecule has 0 saturated carbocycles. The molecule has 0 heterocycles. The van der Waals surface area contributed by atoms with Crippen LogP contribution in [0, 0.1) is 5.92 Å². The van der Waals surface area contributed by atoms with E-state index in [4.69, 9.17) is 17.7 Å². The van der Waals surface area contributed by atoms with Crippen molar-refractivity contribution in [1.29, 1.82) is 0 Å². The Labute approximate surface area is 186 Å². The number of methoxy groups -OCH3 is 1. The molecule has 0 saturated heterocycles. The summed E-state index contributed by atoms with van der Waals surface area (Å²) in [7, 11) is -4.69. The lowest BCUT2D eigenvalue weighted by atomic mass is 10.1. The van der Waals surface area contributed by atoms with E-state index in [1.807, 2.05) is 37.3 Å². The largest absolute Gasteiger partial charge is 0.490 e. The van der Waals surface area contributed by atoms with Crippen molar-refractivity contribution in [1.82, 2.24) is 0 Å². The monoisotopic (exact) mass is 468 g/mol. The number of carbonyl (C=O) groups excluding carboxylic acids is 1. The maximum Gasteiger partial charge on any atom is 0.374 e. The highest BCUT2D eigenvalue weighted by molar-refractivity contribution is 6.81. The minimum absolute atomic E-state index is 0.171. The number of hydrogen-bond acceptors (Lipinski definition) is 5. The van der Waals surface area contributed by atoms with Gasteiger partial charge in [0, 0.05) is 0 Å². The van der Waals surface area contributed by atoms with Crippen LogP contribution in [0.3, 0.4) is 0 Å². The normalized spacial score (nSPS) is 15.3. The Hall–Kier alpha value is -1.20. The minimum atomic E-state index is -2.37. The lowest BCUT2D eigenvalue weighted by Gasteiger charge is -2.41. The number of carbonyl (C=O) groups is 1. The van der Waals surface area contributed by atoms with Crippen LogP contribution < -0.4 is 0 Å². The minimum Gasteiger partial charge on any atom is -0.490 e. The number of benzene rings is 1. The average Bonchev–Trinajstić information content (AvgIpc) is 2.56. The summed E-state index contributed by atoms with van der Waals surface area (Å²) in [6, 6.07) is 9.60. The van der Waals surface area contributed by atoms with Crippen molar-refractivity contribution in [2.75, 3.05) is 7.11 Å². The van der Waals surface area contributed by atoms with Crippen molar-refractivity contribution in [2.24, 2.45) is 5.92 Å². The van der Waals surface area contributed by atoms with Gasteiger partial charge in [0.1, 0.15) is 5.22 Å². The highest BCUT2D eigenvalue weighted by atomic mass is 28.4. The third-order valence-electron chi connectivity index (χ3n) is 4.08. The van der Waals surface area contributed by atoms with Crippen LogP contribution in [0.15, 0.2) is 36.1 Å². The van der Waals surface area contributed by atoms with Crippen molar-refractivity contribution < 1.29 is 22.5 Å². The fraction of sp³-hybridized carbons (Fsp3) is 0.591. The van der Waals surface area contributed by atoms with Crippen molar-refractivity contribution in [2.45, 2.75) is 71.7 Å². The van der Waals surface area contributed by atoms with Crippen molar-refractivity contribution >= 4 is 38.0 Å². The molecule has 5 nitrogen and oxygen atoms in total. The average molecular weight is 469 g/mol. The van der Waals surface area contributed by atoms with E-state index in [1.54, 1.807) is 6.08 Å². The molecule has 0 fully saturated rings. The van der Waals surface area contributed by atoms with Crippen LogP contribution in [0.2, 0.25) is 39.3 Å². The van der Waals surface area contributed by atoms with Gasteiger partial charge in [-0.1, -0.05) is 44.2 Å². The van der Waals surface area contributed by atoms with Gasteiger partial charge in [-0.05, 0) is 70.2 Å². The number of ether oxygens (including phenoxy) is 2. The smallest absolute Gasteiger partial charge is 0.374 e. The molecule has 1 aromatic carbocycles. The van der Waals surface area contributed by atoms with Crippen LogP contribution in [-0.2, 0) is 22.5 Å². The summed E-state index contributed by atoms with van der Waals surface area (Å²) >= 11 is 0. The SMILES string of the molecule is COC(=Cc1ccccc1)C(=O)OC(C)(CC(C)C)[SiH](O[Si](C)(C)C)O[Si](C)(C)C. The molecule has 0 N–H and O–H groups in total. The first-order valence-electron chi connectivity index (χ1n) is 10.5. The van der Waals surface area contributed by atoms with E-state index in [9.17, 15) is 4.79 Å². The standard InChI is InChI=1S/C22H40O5Si3/c1-18(2)17-22(3,28(26-29(5,6)7)27-30(8,9)10)25-21(23)20(24-4)16-19-14-12-11-13-15-19/h11-16,18,28H,17H2,1-10H3. The topological polar surface area (TPSA) is 54.0 Å². The molecule has 170 valence electrons. The Morgan fingerprint density at radius 1 is 1.03 bits per heavy atom. The number of esters is 1. The van der Waals surface area contributed by atoms with Gasteiger partial charge in [-0.3, -0.25) is 0 Å². The fourth-order valence-electron chi connectivity index (χ4n) is 3.08. The zero-order valence-corrected chi connectivity index (χ0v) is 23.5. The zero-order chi connectivity index (χ0) is 23.2. The van der Waals surface area contributed by atoms with Crippen LogP contribution >= 0.6 is 0 Å². The molecular weight excluding hydrogens is 428 g/mol. The van der Waals surface area contributed by atoms with Crippen LogP contribution in [-0.4, -0.2) is 44.2 Å². The molecule has 1 rings (SSSR count). The number of hydrogen-bond donors (Lipinski definition) is 0. The second-order valence-corrected chi connectivity index (χ2v) is 22.4. The predicted molar refractivity (Wildman–Crippen MR) is 131 cm³/mol. The molecule has 0 radical (unpaired) electrons. The lowest BCUT2D eigenvalue weighted by molar-refractivity contribution is -0.152. The summed E-state index contributed by atoms with van der Waals surface area (Å²) < 4.78 is 24.7. The summed E-state index contributed by atoms with van der Waals surface area (Å²) in [6.45, 7) is 19.1. The molecule has 0 bridgehead atoms. The van der Waals surface area contributed by atoms with Crippen molar-refractivity contribution in [3.05, 3.63) is 41.7 Å². The van der Waals surface area contributed by atoms with Crippen molar-refractivity contribution in [3.63, 3.8) is 0 Å². The molecule has 0 aromatic heterocycles.